The number of hydrogen-bond acceptors (Lipinski definition) is 3. The van der Waals surface area contributed by atoms with Crippen molar-refractivity contribution in [3.8, 4) is 5.75 Å². The zero-order chi connectivity index (χ0) is 18.4. The first-order valence-corrected chi connectivity index (χ1v) is 10.1. The van der Waals surface area contributed by atoms with Crippen LogP contribution in [0.15, 0.2) is 48.9 Å². The molecule has 0 bridgehead atoms. The largest absolute Gasteiger partial charge is 0.508 e. The van der Waals surface area contributed by atoms with Gasteiger partial charge in [-0.05, 0) is 85.6 Å². The smallest absolute Gasteiger partial charge is 0.115 e. The Kier molecular flexibility index (Phi) is 4.16. The van der Waals surface area contributed by atoms with Crippen LogP contribution in [0, 0.1) is 5.92 Å². The monoisotopic (exact) mass is 362 g/mol. The lowest BCUT2D eigenvalue weighted by molar-refractivity contribution is 0.0754. The summed E-state index contributed by atoms with van der Waals surface area (Å²) in [5, 5.41) is 21.1. The van der Waals surface area contributed by atoms with E-state index in [2.05, 4.69) is 27.6 Å². The van der Waals surface area contributed by atoms with Gasteiger partial charge < -0.3 is 14.6 Å². The fraction of sp³-hybridized carbons (Fsp3) is 0.435. The van der Waals surface area contributed by atoms with E-state index < -0.39 is 6.10 Å². The quantitative estimate of drug-likeness (QED) is 0.692. The van der Waals surface area contributed by atoms with E-state index in [1.54, 1.807) is 6.07 Å². The fourth-order valence-electron chi connectivity index (χ4n) is 4.85. The van der Waals surface area contributed by atoms with Crippen molar-refractivity contribution in [2.24, 2.45) is 5.92 Å². The van der Waals surface area contributed by atoms with Crippen molar-refractivity contribution in [1.29, 1.82) is 0 Å². The lowest BCUT2D eigenvalue weighted by atomic mass is 9.75. The second-order valence-corrected chi connectivity index (χ2v) is 8.29. The Bertz CT molecular complexity index is 952. The number of benzene rings is 1. The van der Waals surface area contributed by atoms with Crippen LogP contribution in [0.25, 0.3) is 5.52 Å². The van der Waals surface area contributed by atoms with Crippen LogP contribution in [-0.2, 0) is 0 Å². The highest BCUT2D eigenvalue weighted by Gasteiger charge is 2.34. The zero-order valence-corrected chi connectivity index (χ0v) is 15.5. The molecule has 3 aromatic rings. The Morgan fingerprint density at radius 1 is 0.963 bits per heavy atom. The predicted octanol–water partition coefficient (Wildman–Crippen LogP) is 4.92. The van der Waals surface area contributed by atoms with Crippen molar-refractivity contribution in [2.45, 2.75) is 56.5 Å². The van der Waals surface area contributed by atoms with Gasteiger partial charge in [0.25, 0.3) is 0 Å². The van der Waals surface area contributed by atoms with Crippen molar-refractivity contribution in [2.75, 3.05) is 0 Å². The molecule has 0 aliphatic heterocycles. The normalized spacial score (nSPS) is 24.2. The van der Waals surface area contributed by atoms with Gasteiger partial charge in [-0.15, -0.1) is 0 Å². The summed E-state index contributed by atoms with van der Waals surface area (Å²) in [6, 6.07) is 12.0. The second kappa shape index (κ2) is 6.68. The number of pyridine rings is 1. The Morgan fingerprint density at radius 3 is 2.48 bits per heavy atom. The SMILES string of the molecule is Oc1cccc(C2CCC([C@@H](O)c3c(C4CC4)ccc4cncn34)CC2)c1. The third-order valence-corrected chi connectivity index (χ3v) is 6.51. The summed E-state index contributed by atoms with van der Waals surface area (Å²) in [6.07, 6.45) is 9.86. The van der Waals surface area contributed by atoms with E-state index in [1.807, 2.05) is 24.7 Å². The minimum atomic E-state index is -0.441. The molecular formula is C23H26N2O2. The number of nitrogens with zero attached hydrogens (tertiary/aromatic N) is 2. The van der Waals surface area contributed by atoms with Crippen molar-refractivity contribution in [3.63, 3.8) is 0 Å². The van der Waals surface area contributed by atoms with Gasteiger partial charge in [-0.3, -0.25) is 0 Å². The number of rotatable bonds is 4. The van der Waals surface area contributed by atoms with E-state index in [-0.39, 0.29) is 5.92 Å². The summed E-state index contributed by atoms with van der Waals surface area (Å²) in [5.41, 5.74) is 4.65. The van der Waals surface area contributed by atoms with E-state index in [4.69, 9.17) is 0 Å². The minimum Gasteiger partial charge on any atom is -0.508 e. The minimum absolute atomic E-state index is 0.282. The molecule has 2 aliphatic carbocycles. The second-order valence-electron chi connectivity index (χ2n) is 8.29. The first-order valence-electron chi connectivity index (χ1n) is 10.1. The van der Waals surface area contributed by atoms with Gasteiger partial charge in [0.15, 0.2) is 0 Å². The van der Waals surface area contributed by atoms with Crippen LogP contribution in [0.2, 0.25) is 0 Å². The molecule has 0 saturated heterocycles. The molecule has 2 aliphatic rings. The molecule has 4 nitrogen and oxygen atoms in total. The van der Waals surface area contributed by atoms with Crippen LogP contribution in [0.5, 0.6) is 5.75 Å². The molecule has 2 saturated carbocycles. The van der Waals surface area contributed by atoms with Crippen LogP contribution in [0.3, 0.4) is 0 Å². The lowest BCUT2D eigenvalue weighted by Crippen LogP contribution is -2.22. The maximum absolute atomic E-state index is 11.3. The van der Waals surface area contributed by atoms with Gasteiger partial charge in [0, 0.05) is 0 Å². The number of fused-ring (bicyclic) bond motifs is 1. The molecule has 5 rings (SSSR count). The Morgan fingerprint density at radius 2 is 1.74 bits per heavy atom. The molecule has 0 unspecified atom stereocenters. The summed E-state index contributed by atoms with van der Waals surface area (Å²) in [7, 11) is 0. The molecule has 0 radical (unpaired) electrons. The summed E-state index contributed by atoms with van der Waals surface area (Å²) in [5.74, 6) is 1.71. The van der Waals surface area contributed by atoms with Gasteiger partial charge >= 0.3 is 0 Å². The molecule has 1 aromatic carbocycles. The van der Waals surface area contributed by atoms with E-state index in [0.29, 0.717) is 17.6 Å². The van der Waals surface area contributed by atoms with Crippen molar-refractivity contribution >= 4 is 5.52 Å². The lowest BCUT2D eigenvalue weighted by Gasteiger charge is -2.33. The van der Waals surface area contributed by atoms with Crippen LogP contribution in [-0.4, -0.2) is 19.6 Å². The Labute approximate surface area is 159 Å². The third kappa shape index (κ3) is 3.12. The Hall–Kier alpha value is -2.33. The fourth-order valence-corrected chi connectivity index (χ4v) is 4.85. The molecule has 2 aromatic heterocycles. The summed E-state index contributed by atoms with van der Waals surface area (Å²) in [4.78, 5) is 4.30. The molecule has 0 amide bonds. The number of aromatic nitrogens is 2. The predicted molar refractivity (Wildman–Crippen MR) is 105 cm³/mol. The van der Waals surface area contributed by atoms with E-state index in [9.17, 15) is 10.2 Å². The molecule has 1 atom stereocenters. The van der Waals surface area contributed by atoms with Gasteiger partial charge in [-0.2, -0.15) is 0 Å². The third-order valence-electron chi connectivity index (χ3n) is 6.51. The molecule has 4 heteroatoms. The van der Waals surface area contributed by atoms with Crippen LogP contribution in [0.1, 0.15) is 73.3 Å². The van der Waals surface area contributed by atoms with Crippen molar-refractivity contribution in [1.82, 2.24) is 9.38 Å². The maximum atomic E-state index is 11.3. The van der Waals surface area contributed by atoms with Gasteiger partial charge in [-0.1, -0.05) is 18.2 Å². The number of phenols is 1. The number of phenolic OH excluding ortho intramolecular Hbond substituents is 1. The van der Waals surface area contributed by atoms with Gasteiger partial charge in [0.05, 0.1) is 29.8 Å². The number of aliphatic hydroxyl groups is 1. The standard InChI is InChI=1S/C23H26N2O2/c26-20-3-1-2-18(12-20)15-4-8-17(9-5-15)23(27)22-21(16-6-7-16)11-10-19-13-24-14-25(19)22/h1-3,10-17,23,26-27H,4-9H2/t15?,17?,23-/m1/s1. The highest BCUT2D eigenvalue weighted by atomic mass is 16.3. The van der Waals surface area contributed by atoms with Crippen LogP contribution in [0.4, 0.5) is 0 Å². The first-order chi connectivity index (χ1) is 13.2. The molecule has 2 heterocycles. The van der Waals surface area contributed by atoms with Gasteiger partial charge in [-0.25, -0.2) is 4.98 Å². The van der Waals surface area contributed by atoms with Gasteiger partial charge in [0.1, 0.15) is 5.75 Å². The molecule has 27 heavy (non-hydrogen) atoms. The highest BCUT2D eigenvalue weighted by Crippen LogP contribution is 2.47. The topological polar surface area (TPSA) is 57.8 Å². The van der Waals surface area contributed by atoms with Crippen LogP contribution < -0.4 is 0 Å². The van der Waals surface area contributed by atoms with Gasteiger partial charge in [0.2, 0.25) is 0 Å². The molecule has 140 valence electrons. The van der Waals surface area contributed by atoms with Crippen LogP contribution >= 0.6 is 0 Å². The van der Waals surface area contributed by atoms with Crippen molar-refractivity contribution < 1.29 is 10.2 Å². The summed E-state index contributed by atoms with van der Waals surface area (Å²) < 4.78 is 2.10. The molecule has 0 spiro atoms. The number of aliphatic hydroxyl groups excluding tert-OH is 1. The zero-order valence-electron chi connectivity index (χ0n) is 15.5. The van der Waals surface area contributed by atoms with Crippen molar-refractivity contribution in [3.05, 3.63) is 65.7 Å². The number of hydrogen-bond donors (Lipinski definition) is 2. The highest BCUT2D eigenvalue weighted by molar-refractivity contribution is 5.50. The number of imidazole rings is 1. The summed E-state index contributed by atoms with van der Waals surface area (Å²) in [6.45, 7) is 0. The van der Waals surface area contributed by atoms with E-state index in [1.165, 1.54) is 24.0 Å². The molecular weight excluding hydrogens is 336 g/mol. The number of aromatic hydroxyl groups is 1. The average molecular weight is 362 g/mol. The van der Waals surface area contributed by atoms with E-state index in [0.717, 1.165) is 36.9 Å². The molecule has 2 fully saturated rings. The first kappa shape index (κ1) is 16.8. The maximum Gasteiger partial charge on any atom is 0.115 e. The van der Waals surface area contributed by atoms with E-state index >= 15 is 0 Å². The molecule has 2 N–H and O–H groups in total. The summed E-state index contributed by atoms with van der Waals surface area (Å²) >= 11 is 0. The Balaban J connectivity index is 1.38. The average Bonchev–Trinajstić information content (AvgIpc) is 3.43.